The largest absolute Gasteiger partial charge is 0.463 e. The number of aromatic nitrogens is 2. The summed E-state index contributed by atoms with van der Waals surface area (Å²) in [7, 11) is 0. The maximum atomic E-state index is 12.7. The SMILES string of the molecule is O=C(N/N=C\c1ccco1)c1cc(-c2cccc3ccccc23)n(-c2ccccc2)n1. The summed E-state index contributed by atoms with van der Waals surface area (Å²) < 4.78 is 6.97. The third-order valence-corrected chi connectivity index (χ3v) is 4.91. The van der Waals surface area contributed by atoms with Crippen molar-refractivity contribution in [3.63, 3.8) is 0 Å². The Bertz CT molecular complexity index is 1360. The Balaban J connectivity index is 1.57. The minimum absolute atomic E-state index is 0.267. The highest BCUT2D eigenvalue weighted by atomic mass is 16.3. The number of furan rings is 1. The molecule has 6 nitrogen and oxygen atoms in total. The highest BCUT2D eigenvalue weighted by Gasteiger charge is 2.18. The van der Waals surface area contributed by atoms with Gasteiger partial charge in [-0.15, -0.1) is 0 Å². The quantitative estimate of drug-likeness (QED) is 0.328. The minimum atomic E-state index is -0.404. The van der Waals surface area contributed by atoms with Gasteiger partial charge in [-0.3, -0.25) is 4.79 Å². The molecule has 1 N–H and O–H groups in total. The number of para-hydroxylation sites is 1. The summed E-state index contributed by atoms with van der Waals surface area (Å²) in [6.07, 6.45) is 2.98. The zero-order valence-corrected chi connectivity index (χ0v) is 16.5. The maximum absolute atomic E-state index is 12.7. The average Bonchev–Trinajstić information content (AvgIpc) is 3.49. The molecule has 0 unspecified atom stereocenters. The molecule has 150 valence electrons. The lowest BCUT2D eigenvalue weighted by atomic mass is 10.0. The second-order valence-corrected chi connectivity index (χ2v) is 6.90. The Labute approximate surface area is 178 Å². The second-order valence-electron chi connectivity index (χ2n) is 6.90. The van der Waals surface area contributed by atoms with Crippen LogP contribution >= 0.6 is 0 Å². The first-order chi connectivity index (χ1) is 15.3. The lowest BCUT2D eigenvalue weighted by Crippen LogP contribution is -2.18. The van der Waals surface area contributed by atoms with Crippen molar-refractivity contribution < 1.29 is 9.21 Å². The first-order valence-electron chi connectivity index (χ1n) is 9.80. The van der Waals surface area contributed by atoms with Gasteiger partial charge < -0.3 is 4.42 Å². The zero-order chi connectivity index (χ0) is 21.0. The van der Waals surface area contributed by atoms with Crippen LogP contribution in [0.15, 0.2) is 107 Å². The monoisotopic (exact) mass is 406 g/mol. The smallest absolute Gasteiger partial charge is 0.291 e. The van der Waals surface area contributed by atoms with Gasteiger partial charge in [0.25, 0.3) is 5.91 Å². The van der Waals surface area contributed by atoms with E-state index in [1.807, 2.05) is 54.6 Å². The molecule has 0 radical (unpaired) electrons. The molecule has 2 aromatic heterocycles. The van der Waals surface area contributed by atoms with Crippen LogP contribution in [0.1, 0.15) is 16.2 Å². The van der Waals surface area contributed by atoms with Crippen LogP contribution in [0.25, 0.3) is 27.7 Å². The molecule has 0 aliphatic heterocycles. The van der Waals surface area contributed by atoms with Crippen LogP contribution < -0.4 is 5.43 Å². The van der Waals surface area contributed by atoms with E-state index < -0.39 is 5.91 Å². The van der Waals surface area contributed by atoms with Crippen molar-refractivity contribution in [3.8, 4) is 16.9 Å². The van der Waals surface area contributed by atoms with Crippen LogP contribution in [-0.4, -0.2) is 21.9 Å². The average molecular weight is 406 g/mol. The van der Waals surface area contributed by atoms with E-state index in [4.69, 9.17) is 4.42 Å². The van der Waals surface area contributed by atoms with E-state index in [9.17, 15) is 4.79 Å². The molecule has 0 fully saturated rings. The van der Waals surface area contributed by atoms with Gasteiger partial charge in [0.15, 0.2) is 5.69 Å². The van der Waals surface area contributed by atoms with Crippen molar-refractivity contribution in [3.05, 3.63) is 109 Å². The fourth-order valence-corrected chi connectivity index (χ4v) is 3.48. The predicted molar refractivity (Wildman–Crippen MR) is 120 cm³/mol. The van der Waals surface area contributed by atoms with E-state index >= 15 is 0 Å². The molecular weight excluding hydrogens is 388 g/mol. The first-order valence-corrected chi connectivity index (χ1v) is 9.80. The molecule has 0 saturated heterocycles. The molecule has 0 atom stereocenters. The lowest BCUT2D eigenvalue weighted by Gasteiger charge is -2.10. The Hall–Kier alpha value is -4.45. The van der Waals surface area contributed by atoms with Crippen molar-refractivity contribution in [1.82, 2.24) is 15.2 Å². The molecule has 0 aliphatic carbocycles. The van der Waals surface area contributed by atoms with Gasteiger partial charge in [0.1, 0.15) is 5.76 Å². The molecule has 2 heterocycles. The Kier molecular flexibility index (Phi) is 4.86. The van der Waals surface area contributed by atoms with Crippen LogP contribution in [0.5, 0.6) is 0 Å². The number of rotatable bonds is 5. The molecule has 1 amide bonds. The first kappa shape index (κ1) is 18.6. The number of carbonyl (C=O) groups is 1. The predicted octanol–water partition coefficient (Wildman–Crippen LogP) is 5.05. The highest BCUT2D eigenvalue weighted by Crippen LogP contribution is 2.30. The fourth-order valence-electron chi connectivity index (χ4n) is 3.48. The summed E-state index contributed by atoms with van der Waals surface area (Å²) in [5.41, 5.74) is 5.46. The van der Waals surface area contributed by atoms with Crippen LogP contribution in [-0.2, 0) is 0 Å². The molecule has 6 heteroatoms. The molecule has 5 rings (SSSR count). The number of hydrogen-bond donors (Lipinski definition) is 1. The normalized spacial score (nSPS) is 11.2. The minimum Gasteiger partial charge on any atom is -0.463 e. The molecule has 0 spiro atoms. The maximum Gasteiger partial charge on any atom is 0.291 e. The standard InChI is InChI=1S/C25H18N4O2/c30-25(27-26-17-20-12-7-15-31-20)23-16-24(29(28-23)19-10-2-1-3-11-19)22-14-6-9-18-8-4-5-13-21(18)22/h1-17H,(H,27,30)/b26-17-. The summed E-state index contributed by atoms with van der Waals surface area (Å²) >= 11 is 0. The van der Waals surface area contributed by atoms with E-state index in [0.29, 0.717) is 5.76 Å². The molecule has 3 aromatic carbocycles. The summed E-state index contributed by atoms with van der Waals surface area (Å²) in [5.74, 6) is 0.144. The number of fused-ring (bicyclic) bond motifs is 1. The van der Waals surface area contributed by atoms with Gasteiger partial charge in [0, 0.05) is 5.56 Å². The van der Waals surface area contributed by atoms with E-state index in [-0.39, 0.29) is 5.69 Å². The third-order valence-electron chi connectivity index (χ3n) is 4.91. The van der Waals surface area contributed by atoms with Crippen LogP contribution in [0.3, 0.4) is 0 Å². The number of hydrogen-bond acceptors (Lipinski definition) is 4. The third kappa shape index (κ3) is 3.74. The van der Waals surface area contributed by atoms with Gasteiger partial charge in [-0.25, -0.2) is 10.1 Å². The van der Waals surface area contributed by atoms with Crippen LogP contribution in [0, 0.1) is 0 Å². The van der Waals surface area contributed by atoms with Crippen molar-refractivity contribution >= 4 is 22.9 Å². The van der Waals surface area contributed by atoms with Crippen molar-refractivity contribution in [2.45, 2.75) is 0 Å². The number of hydrazone groups is 1. The highest BCUT2D eigenvalue weighted by molar-refractivity contribution is 5.99. The van der Waals surface area contributed by atoms with Gasteiger partial charge in [-0.05, 0) is 41.1 Å². The van der Waals surface area contributed by atoms with E-state index in [2.05, 4.69) is 33.8 Å². The van der Waals surface area contributed by atoms with Gasteiger partial charge in [0.2, 0.25) is 0 Å². The number of amides is 1. The van der Waals surface area contributed by atoms with Crippen LogP contribution in [0.2, 0.25) is 0 Å². The molecular formula is C25H18N4O2. The van der Waals surface area contributed by atoms with Gasteiger partial charge in [-0.1, -0.05) is 60.7 Å². The van der Waals surface area contributed by atoms with Gasteiger partial charge in [0.05, 0.1) is 23.9 Å². The van der Waals surface area contributed by atoms with Crippen molar-refractivity contribution in [2.24, 2.45) is 5.10 Å². The molecule has 0 saturated carbocycles. The van der Waals surface area contributed by atoms with E-state index in [0.717, 1.165) is 27.7 Å². The summed E-state index contributed by atoms with van der Waals surface area (Å²) in [4.78, 5) is 12.7. The molecule has 0 bridgehead atoms. The second kappa shape index (κ2) is 8.12. The topological polar surface area (TPSA) is 72.4 Å². The number of carbonyl (C=O) groups excluding carboxylic acids is 1. The fraction of sp³-hybridized carbons (Fsp3) is 0. The molecule has 5 aromatic rings. The summed E-state index contributed by atoms with van der Waals surface area (Å²) in [6.45, 7) is 0. The molecule has 0 aliphatic rings. The van der Waals surface area contributed by atoms with Crippen molar-refractivity contribution in [1.29, 1.82) is 0 Å². The Morgan fingerprint density at radius 2 is 1.74 bits per heavy atom. The van der Waals surface area contributed by atoms with Crippen LogP contribution in [0.4, 0.5) is 0 Å². The lowest BCUT2D eigenvalue weighted by molar-refractivity contribution is 0.0949. The molecule has 31 heavy (non-hydrogen) atoms. The summed E-state index contributed by atoms with van der Waals surface area (Å²) in [5, 5.41) is 10.8. The van der Waals surface area contributed by atoms with Crippen molar-refractivity contribution in [2.75, 3.05) is 0 Å². The van der Waals surface area contributed by atoms with E-state index in [1.54, 1.807) is 29.1 Å². The number of nitrogens with one attached hydrogen (secondary N) is 1. The number of benzene rings is 3. The Morgan fingerprint density at radius 3 is 2.58 bits per heavy atom. The number of nitrogens with zero attached hydrogens (tertiary/aromatic N) is 3. The van der Waals surface area contributed by atoms with Gasteiger partial charge in [-0.2, -0.15) is 10.2 Å². The Morgan fingerprint density at radius 1 is 0.935 bits per heavy atom. The van der Waals surface area contributed by atoms with Gasteiger partial charge >= 0.3 is 0 Å². The summed E-state index contributed by atoms with van der Waals surface area (Å²) in [6, 6.07) is 29.3. The zero-order valence-electron chi connectivity index (χ0n) is 16.5. The van der Waals surface area contributed by atoms with E-state index in [1.165, 1.54) is 6.21 Å².